The first-order chi connectivity index (χ1) is 11.0. The molecule has 2 heterocycles. The third-order valence-corrected chi connectivity index (χ3v) is 4.58. The summed E-state index contributed by atoms with van der Waals surface area (Å²) in [4.78, 5) is 27.3. The summed E-state index contributed by atoms with van der Waals surface area (Å²) >= 11 is 1.03. The van der Waals surface area contributed by atoms with E-state index in [-0.39, 0.29) is 23.1 Å². The average molecular weight is 336 g/mol. The first-order valence-corrected chi connectivity index (χ1v) is 8.18. The summed E-state index contributed by atoms with van der Waals surface area (Å²) in [6, 6.07) is 6.63. The van der Waals surface area contributed by atoms with E-state index in [4.69, 9.17) is 0 Å². The van der Waals surface area contributed by atoms with E-state index in [9.17, 15) is 14.0 Å². The van der Waals surface area contributed by atoms with Gasteiger partial charge < -0.3 is 9.80 Å². The molecule has 1 amide bonds. The zero-order valence-electron chi connectivity index (χ0n) is 12.7. The SMILES string of the molecule is Cc1nn(CC(=O)N2CCN(c3ccccc3F)CC2)c(=O)s1. The van der Waals surface area contributed by atoms with Crippen LogP contribution in [0.3, 0.4) is 0 Å². The average Bonchev–Trinajstić information content (AvgIpc) is 2.85. The number of aromatic nitrogens is 2. The molecule has 2 aromatic rings. The maximum absolute atomic E-state index is 13.8. The number of hydrogen-bond donors (Lipinski definition) is 0. The van der Waals surface area contributed by atoms with Crippen molar-refractivity contribution in [3.05, 3.63) is 44.8 Å². The molecule has 0 saturated carbocycles. The predicted molar refractivity (Wildman–Crippen MR) is 86.3 cm³/mol. The predicted octanol–water partition coefficient (Wildman–Crippen LogP) is 1.10. The van der Waals surface area contributed by atoms with E-state index in [0.29, 0.717) is 36.9 Å². The maximum atomic E-state index is 13.8. The topological polar surface area (TPSA) is 58.4 Å². The lowest BCUT2D eigenvalue weighted by Crippen LogP contribution is -2.50. The van der Waals surface area contributed by atoms with E-state index in [1.807, 2.05) is 4.90 Å². The van der Waals surface area contributed by atoms with Gasteiger partial charge in [-0.1, -0.05) is 23.5 Å². The van der Waals surface area contributed by atoms with Gasteiger partial charge >= 0.3 is 4.87 Å². The van der Waals surface area contributed by atoms with Crippen molar-refractivity contribution in [2.75, 3.05) is 31.1 Å². The molecule has 0 bridgehead atoms. The first-order valence-electron chi connectivity index (χ1n) is 7.36. The molecule has 1 aromatic heterocycles. The number of hydrogen-bond acceptors (Lipinski definition) is 5. The summed E-state index contributed by atoms with van der Waals surface area (Å²) in [6.45, 7) is 3.84. The Morgan fingerprint density at radius 3 is 2.57 bits per heavy atom. The van der Waals surface area contributed by atoms with Gasteiger partial charge in [0.15, 0.2) is 0 Å². The maximum Gasteiger partial charge on any atom is 0.325 e. The lowest BCUT2D eigenvalue weighted by Gasteiger charge is -2.36. The molecule has 3 rings (SSSR count). The largest absolute Gasteiger partial charge is 0.366 e. The molecule has 0 atom stereocenters. The highest BCUT2D eigenvalue weighted by molar-refractivity contribution is 7.08. The number of para-hydroxylation sites is 1. The summed E-state index contributed by atoms with van der Waals surface area (Å²) in [5.41, 5.74) is 0.561. The minimum Gasteiger partial charge on any atom is -0.366 e. The smallest absolute Gasteiger partial charge is 0.325 e. The number of carbonyl (C=O) groups is 1. The van der Waals surface area contributed by atoms with Crippen molar-refractivity contribution >= 4 is 22.9 Å². The van der Waals surface area contributed by atoms with Gasteiger partial charge in [0.2, 0.25) is 5.91 Å². The van der Waals surface area contributed by atoms with Crippen LogP contribution in [-0.4, -0.2) is 46.8 Å². The Bertz CT molecular complexity index is 765. The van der Waals surface area contributed by atoms with Crippen molar-refractivity contribution < 1.29 is 9.18 Å². The van der Waals surface area contributed by atoms with Crippen LogP contribution in [-0.2, 0) is 11.3 Å². The van der Waals surface area contributed by atoms with Gasteiger partial charge in [-0.15, -0.1) is 0 Å². The van der Waals surface area contributed by atoms with Crippen molar-refractivity contribution in [2.24, 2.45) is 0 Å². The number of nitrogens with zero attached hydrogens (tertiary/aromatic N) is 4. The monoisotopic (exact) mass is 336 g/mol. The van der Waals surface area contributed by atoms with Gasteiger partial charge in [-0.2, -0.15) is 5.10 Å². The van der Waals surface area contributed by atoms with Crippen molar-refractivity contribution in [2.45, 2.75) is 13.5 Å². The molecule has 1 aliphatic rings. The highest BCUT2D eigenvalue weighted by Crippen LogP contribution is 2.20. The summed E-state index contributed by atoms with van der Waals surface area (Å²) < 4.78 is 15.0. The lowest BCUT2D eigenvalue weighted by molar-refractivity contribution is -0.132. The minimum atomic E-state index is -0.253. The number of piperazine rings is 1. The molecule has 8 heteroatoms. The van der Waals surface area contributed by atoms with Crippen LogP contribution >= 0.6 is 11.3 Å². The molecule has 0 N–H and O–H groups in total. The summed E-state index contributed by atoms with van der Waals surface area (Å²) in [5, 5.41) is 4.68. The number of halogens is 1. The molecule has 6 nitrogen and oxygen atoms in total. The molecule has 122 valence electrons. The van der Waals surface area contributed by atoms with Gasteiger partial charge in [0.1, 0.15) is 17.4 Å². The van der Waals surface area contributed by atoms with Gasteiger partial charge in [0.25, 0.3) is 0 Å². The Kier molecular flexibility index (Phi) is 4.42. The first kappa shape index (κ1) is 15.7. The van der Waals surface area contributed by atoms with E-state index in [0.717, 1.165) is 11.3 Å². The Balaban J connectivity index is 1.60. The third-order valence-electron chi connectivity index (χ3n) is 3.82. The standard InChI is InChI=1S/C15H17FN4O2S/c1-11-17-20(15(22)23-11)10-14(21)19-8-6-18(7-9-19)13-5-3-2-4-12(13)16/h2-5H,6-10H2,1H3. The Morgan fingerprint density at radius 1 is 1.26 bits per heavy atom. The fourth-order valence-electron chi connectivity index (χ4n) is 2.64. The van der Waals surface area contributed by atoms with Crippen molar-refractivity contribution in [1.82, 2.24) is 14.7 Å². The minimum absolute atomic E-state index is 0.0388. The van der Waals surface area contributed by atoms with E-state index in [1.54, 1.807) is 30.0 Å². The molecule has 0 radical (unpaired) electrons. The molecular weight excluding hydrogens is 319 g/mol. The van der Waals surface area contributed by atoms with Crippen LogP contribution < -0.4 is 9.77 Å². The number of anilines is 1. The van der Waals surface area contributed by atoms with Crippen LogP contribution in [0.4, 0.5) is 10.1 Å². The molecule has 1 aliphatic heterocycles. The van der Waals surface area contributed by atoms with Crippen LogP contribution in [0.5, 0.6) is 0 Å². The van der Waals surface area contributed by atoms with E-state index < -0.39 is 0 Å². The van der Waals surface area contributed by atoms with E-state index >= 15 is 0 Å². The Labute approximate surface area is 136 Å². The summed E-state index contributed by atoms with van der Waals surface area (Å²) in [5.74, 6) is -0.387. The summed E-state index contributed by atoms with van der Waals surface area (Å²) in [7, 11) is 0. The zero-order chi connectivity index (χ0) is 16.4. The lowest BCUT2D eigenvalue weighted by atomic mass is 10.2. The fourth-order valence-corrected chi connectivity index (χ4v) is 3.25. The van der Waals surface area contributed by atoms with Crippen molar-refractivity contribution in [3.63, 3.8) is 0 Å². The molecule has 0 unspecified atom stereocenters. The molecule has 1 fully saturated rings. The molecule has 0 spiro atoms. The van der Waals surface area contributed by atoms with Crippen molar-refractivity contribution in [3.8, 4) is 0 Å². The quantitative estimate of drug-likeness (QED) is 0.842. The molecular formula is C15H17FN4O2S. The molecule has 1 aromatic carbocycles. The zero-order valence-corrected chi connectivity index (χ0v) is 13.6. The number of aryl methyl sites for hydroxylation is 1. The molecule has 1 saturated heterocycles. The van der Waals surface area contributed by atoms with E-state index in [2.05, 4.69) is 5.10 Å². The van der Waals surface area contributed by atoms with Crippen molar-refractivity contribution in [1.29, 1.82) is 0 Å². The Hall–Kier alpha value is -2.22. The second-order valence-corrected chi connectivity index (χ2v) is 6.51. The molecule has 0 aliphatic carbocycles. The summed E-state index contributed by atoms with van der Waals surface area (Å²) in [6.07, 6.45) is 0. The normalized spacial score (nSPS) is 15.0. The number of amides is 1. The van der Waals surface area contributed by atoms with Crippen LogP contribution in [0.15, 0.2) is 29.1 Å². The number of carbonyl (C=O) groups excluding carboxylic acids is 1. The van der Waals surface area contributed by atoms with Crippen LogP contribution in [0.2, 0.25) is 0 Å². The van der Waals surface area contributed by atoms with Gasteiger partial charge in [0.05, 0.1) is 5.69 Å². The second kappa shape index (κ2) is 6.49. The van der Waals surface area contributed by atoms with Gasteiger partial charge in [-0.25, -0.2) is 9.07 Å². The van der Waals surface area contributed by atoms with Crippen LogP contribution in [0.25, 0.3) is 0 Å². The Morgan fingerprint density at radius 2 is 1.96 bits per heavy atom. The second-order valence-electron chi connectivity index (χ2n) is 5.36. The number of rotatable bonds is 3. The van der Waals surface area contributed by atoms with Gasteiger partial charge in [0, 0.05) is 26.2 Å². The molecule has 23 heavy (non-hydrogen) atoms. The third kappa shape index (κ3) is 3.42. The van der Waals surface area contributed by atoms with Gasteiger partial charge in [-0.3, -0.25) is 9.59 Å². The van der Waals surface area contributed by atoms with Crippen LogP contribution in [0, 0.1) is 12.7 Å². The fraction of sp³-hybridized carbons (Fsp3) is 0.400. The highest BCUT2D eigenvalue weighted by atomic mass is 32.1. The van der Waals surface area contributed by atoms with Gasteiger partial charge in [-0.05, 0) is 19.1 Å². The van der Waals surface area contributed by atoms with Crippen LogP contribution in [0.1, 0.15) is 5.01 Å². The van der Waals surface area contributed by atoms with E-state index in [1.165, 1.54) is 10.7 Å². The number of benzene rings is 1. The highest BCUT2D eigenvalue weighted by Gasteiger charge is 2.23.